The smallest absolute Gasteiger partial charge is 0.186 e. The van der Waals surface area contributed by atoms with E-state index in [1.807, 2.05) is 54.6 Å². The molecule has 1 fully saturated rings. The van der Waals surface area contributed by atoms with Gasteiger partial charge in [0.1, 0.15) is 24.4 Å². The van der Waals surface area contributed by atoms with Crippen LogP contribution in [0.4, 0.5) is 0 Å². The zero-order valence-electron chi connectivity index (χ0n) is 23.7. The monoisotopic (exact) mass is 564 g/mol. The lowest BCUT2D eigenvalue weighted by Crippen LogP contribution is -2.61. The number of benzene rings is 5. The highest BCUT2D eigenvalue weighted by Crippen LogP contribution is 2.31. The van der Waals surface area contributed by atoms with Crippen LogP contribution in [0.2, 0.25) is 0 Å². The van der Waals surface area contributed by atoms with Crippen LogP contribution in [0, 0.1) is 0 Å². The SMILES string of the molecule is CO[C@H]1O[C@H](CO)[C@@H](OCc2ccccc2)[C@H](OCc2ccc3ccccc3c2)[C@H]1OCc1ccc2ccccc2c1. The molecule has 0 amide bonds. The molecule has 0 bridgehead atoms. The highest BCUT2D eigenvalue weighted by Gasteiger charge is 2.48. The first-order valence-electron chi connectivity index (χ1n) is 14.3. The van der Waals surface area contributed by atoms with Crippen LogP contribution in [0.5, 0.6) is 0 Å². The van der Waals surface area contributed by atoms with Gasteiger partial charge in [-0.05, 0) is 50.4 Å². The molecule has 0 aromatic heterocycles. The molecule has 1 saturated heterocycles. The van der Waals surface area contributed by atoms with Crippen LogP contribution in [-0.2, 0) is 43.5 Å². The van der Waals surface area contributed by atoms with Crippen LogP contribution < -0.4 is 0 Å². The summed E-state index contributed by atoms with van der Waals surface area (Å²) in [5, 5.41) is 15.0. The van der Waals surface area contributed by atoms with Crippen LogP contribution in [-0.4, -0.2) is 49.5 Å². The van der Waals surface area contributed by atoms with Crippen LogP contribution in [0.1, 0.15) is 16.7 Å². The molecule has 5 aromatic carbocycles. The van der Waals surface area contributed by atoms with E-state index in [0.29, 0.717) is 19.8 Å². The third-order valence-electron chi connectivity index (χ3n) is 7.80. The molecule has 1 N–H and O–H groups in total. The average molecular weight is 565 g/mol. The van der Waals surface area contributed by atoms with Gasteiger partial charge in [-0.25, -0.2) is 0 Å². The second-order valence-electron chi connectivity index (χ2n) is 10.6. The van der Waals surface area contributed by atoms with E-state index in [2.05, 4.69) is 60.7 Å². The van der Waals surface area contributed by atoms with Gasteiger partial charge in [-0.15, -0.1) is 0 Å². The van der Waals surface area contributed by atoms with Crippen LogP contribution >= 0.6 is 0 Å². The van der Waals surface area contributed by atoms with Crippen molar-refractivity contribution < 1.29 is 28.8 Å². The summed E-state index contributed by atoms with van der Waals surface area (Å²) in [4.78, 5) is 0. The maximum absolute atomic E-state index is 10.3. The number of hydrogen-bond acceptors (Lipinski definition) is 6. The summed E-state index contributed by atoms with van der Waals surface area (Å²) in [6.07, 6.45) is -3.17. The summed E-state index contributed by atoms with van der Waals surface area (Å²) in [6.45, 7) is 0.775. The number of fused-ring (bicyclic) bond motifs is 2. The number of ether oxygens (including phenoxy) is 5. The predicted octanol–water partition coefficient (Wildman–Crippen LogP) is 6.41. The van der Waals surface area contributed by atoms with Crippen molar-refractivity contribution >= 4 is 21.5 Å². The van der Waals surface area contributed by atoms with Crippen molar-refractivity contribution in [3.63, 3.8) is 0 Å². The predicted molar refractivity (Wildman–Crippen MR) is 163 cm³/mol. The number of rotatable bonds is 11. The Kier molecular flexibility index (Phi) is 9.21. The zero-order valence-corrected chi connectivity index (χ0v) is 23.7. The fourth-order valence-electron chi connectivity index (χ4n) is 5.59. The molecule has 42 heavy (non-hydrogen) atoms. The first-order valence-corrected chi connectivity index (χ1v) is 14.3. The Bertz CT molecular complexity index is 1590. The maximum atomic E-state index is 10.3. The number of hydrogen-bond donors (Lipinski definition) is 1. The lowest BCUT2D eigenvalue weighted by molar-refractivity contribution is -0.321. The second kappa shape index (κ2) is 13.6. The largest absolute Gasteiger partial charge is 0.394 e. The fourth-order valence-corrected chi connectivity index (χ4v) is 5.59. The molecule has 0 unspecified atom stereocenters. The van der Waals surface area contributed by atoms with Crippen molar-refractivity contribution in [2.75, 3.05) is 13.7 Å². The highest BCUT2D eigenvalue weighted by atomic mass is 16.7. The number of aliphatic hydroxyl groups is 1. The Morgan fingerprint density at radius 1 is 0.548 bits per heavy atom. The van der Waals surface area contributed by atoms with Crippen molar-refractivity contribution in [3.8, 4) is 0 Å². The molecule has 0 aliphatic carbocycles. The Morgan fingerprint density at radius 3 is 1.62 bits per heavy atom. The first kappa shape index (κ1) is 28.5. The minimum Gasteiger partial charge on any atom is -0.394 e. The topological polar surface area (TPSA) is 66.4 Å². The van der Waals surface area contributed by atoms with Gasteiger partial charge < -0.3 is 28.8 Å². The van der Waals surface area contributed by atoms with Gasteiger partial charge in [0.2, 0.25) is 0 Å². The molecule has 1 aliphatic rings. The van der Waals surface area contributed by atoms with Crippen LogP contribution in [0.25, 0.3) is 21.5 Å². The van der Waals surface area contributed by atoms with E-state index in [-0.39, 0.29) is 6.61 Å². The first-order chi connectivity index (χ1) is 20.7. The fraction of sp³-hybridized carbons (Fsp3) is 0.278. The van der Waals surface area contributed by atoms with Gasteiger partial charge >= 0.3 is 0 Å². The molecule has 0 radical (unpaired) electrons. The van der Waals surface area contributed by atoms with Gasteiger partial charge in [0, 0.05) is 7.11 Å². The molecule has 5 aromatic rings. The summed E-state index contributed by atoms with van der Waals surface area (Å²) in [5.74, 6) is 0. The van der Waals surface area contributed by atoms with Gasteiger partial charge in [0.05, 0.1) is 26.4 Å². The van der Waals surface area contributed by atoms with Gasteiger partial charge in [0.15, 0.2) is 6.29 Å². The number of methoxy groups -OCH3 is 1. The second-order valence-corrected chi connectivity index (χ2v) is 10.6. The molecule has 216 valence electrons. The van der Waals surface area contributed by atoms with E-state index in [0.717, 1.165) is 27.5 Å². The zero-order chi connectivity index (χ0) is 28.7. The maximum Gasteiger partial charge on any atom is 0.186 e. The minimum atomic E-state index is -0.749. The molecule has 6 nitrogen and oxygen atoms in total. The third kappa shape index (κ3) is 6.55. The van der Waals surface area contributed by atoms with E-state index in [4.69, 9.17) is 23.7 Å². The van der Waals surface area contributed by atoms with E-state index in [1.165, 1.54) is 10.8 Å². The molecule has 6 heteroatoms. The van der Waals surface area contributed by atoms with Gasteiger partial charge in [0.25, 0.3) is 0 Å². The molecule has 0 spiro atoms. The summed E-state index contributed by atoms with van der Waals surface area (Å²) in [5.41, 5.74) is 3.08. The summed E-state index contributed by atoms with van der Waals surface area (Å²) >= 11 is 0. The minimum absolute atomic E-state index is 0.244. The normalized spacial score (nSPS) is 22.5. The molecular weight excluding hydrogens is 528 g/mol. The lowest BCUT2D eigenvalue weighted by Gasteiger charge is -2.45. The van der Waals surface area contributed by atoms with Crippen molar-refractivity contribution in [1.29, 1.82) is 0 Å². The van der Waals surface area contributed by atoms with E-state index in [9.17, 15) is 5.11 Å². The van der Waals surface area contributed by atoms with Crippen molar-refractivity contribution in [2.45, 2.75) is 50.5 Å². The molecule has 5 atom stereocenters. The number of aliphatic hydroxyl groups excluding tert-OH is 1. The Labute approximate surface area is 246 Å². The molecule has 6 rings (SSSR count). The van der Waals surface area contributed by atoms with Crippen molar-refractivity contribution in [1.82, 2.24) is 0 Å². The Balaban J connectivity index is 1.27. The molecule has 1 aliphatic heterocycles. The molecular formula is C36H36O6. The van der Waals surface area contributed by atoms with E-state index in [1.54, 1.807) is 7.11 Å². The van der Waals surface area contributed by atoms with E-state index >= 15 is 0 Å². The van der Waals surface area contributed by atoms with Crippen molar-refractivity contribution in [2.24, 2.45) is 0 Å². The van der Waals surface area contributed by atoms with Gasteiger partial charge in [-0.3, -0.25) is 0 Å². The summed E-state index contributed by atoms with van der Waals surface area (Å²) < 4.78 is 31.5. The average Bonchev–Trinajstić information content (AvgIpc) is 3.05. The van der Waals surface area contributed by atoms with Gasteiger partial charge in [-0.2, -0.15) is 0 Å². The standard InChI is InChI=1S/C36H36O6/c1-38-36-35(41-24-27-16-18-29-12-6-8-14-31(29)20-27)34(40-23-26-15-17-28-11-5-7-13-30(28)19-26)33(32(21-37)42-36)39-22-25-9-3-2-4-10-25/h2-20,32-37H,21-24H2,1H3/t32-,33-,34+,35-,36+/m1/s1. The Hall–Kier alpha value is -3.62. The van der Waals surface area contributed by atoms with Crippen LogP contribution in [0.15, 0.2) is 115 Å². The molecule has 1 heterocycles. The lowest BCUT2D eigenvalue weighted by atomic mass is 9.97. The quantitative estimate of drug-likeness (QED) is 0.200. The van der Waals surface area contributed by atoms with E-state index < -0.39 is 30.7 Å². The Morgan fingerprint density at radius 2 is 1.05 bits per heavy atom. The summed E-state index contributed by atoms with van der Waals surface area (Å²) in [7, 11) is 1.58. The van der Waals surface area contributed by atoms with Crippen molar-refractivity contribution in [3.05, 3.63) is 132 Å². The summed E-state index contributed by atoms with van der Waals surface area (Å²) in [6, 6.07) is 39.1. The highest BCUT2D eigenvalue weighted by molar-refractivity contribution is 5.83. The van der Waals surface area contributed by atoms with Crippen LogP contribution in [0.3, 0.4) is 0 Å². The van der Waals surface area contributed by atoms with Gasteiger partial charge in [-0.1, -0.05) is 103 Å². The molecule has 0 saturated carbocycles. The third-order valence-corrected chi connectivity index (χ3v) is 7.80.